The Balaban J connectivity index is 2.41. The number of rotatable bonds is 5. The van der Waals surface area contributed by atoms with Crippen molar-refractivity contribution >= 4 is 0 Å². The second-order valence-electron chi connectivity index (χ2n) is 5.62. The standard InChI is InChI=1S/C16H22FN3/c1-5-18-14(15-19-10-11-20(15)4)16(2,3)12-6-8-13(17)9-7-12/h6-11,14,18H,5H2,1-4H3. The molecular weight excluding hydrogens is 253 g/mol. The summed E-state index contributed by atoms with van der Waals surface area (Å²) in [7, 11) is 1.99. The predicted molar refractivity (Wildman–Crippen MR) is 79.1 cm³/mol. The third-order valence-electron chi connectivity index (χ3n) is 3.83. The van der Waals surface area contributed by atoms with Crippen LogP contribution in [0.25, 0.3) is 0 Å². The molecule has 1 aromatic heterocycles. The van der Waals surface area contributed by atoms with Crippen LogP contribution in [0.15, 0.2) is 36.7 Å². The summed E-state index contributed by atoms with van der Waals surface area (Å²) in [5.41, 5.74) is 0.899. The Labute approximate surface area is 119 Å². The van der Waals surface area contributed by atoms with Crippen LogP contribution < -0.4 is 5.32 Å². The van der Waals surface area contributed by atoms with Crippen molar-refractivity contribution in [2.45, 2.75) is 32.2 Å². The molecule has 0 aliphatic carbocycles. The Kier molecular flexibility index (Phi) is 4.23. The lowest BCUT2D eigenvalue weighted by atomic mass is 9.77. The minimum Gasteiger partial charge on any atom is -0.337 e. The summed E-state index contributed by atoms with van der Waals surface area (Å²) in [5, 5.41) is 3.50. The van der Waals surface area contributed by atoms with Gasteiger partial charge in [0.1, 0.15) is 11.6 Å². The van der Waals surface area contributed by atoms with Crippen LogP contribution in [0.1, 0.15) is 38.2 Å². The summed E-state index contributed by atoms with van der Waals surface area (Å²) in [6, 6.07) is 6.79. The number of halogens is 1. The molecule has 1 unspecified atom stereocenters. The maximum Gasteiger partial charge on any atom is 0.126 e. The molecule has 1 heterocycles. The van der Waals surface area contributed by atoms with E-state index < -0.39 is 0 Å². The first-order valence-electron chi connectivity index (χ1n) is 6.93. The van der Waals surface area contributed by atoms with E-state index in [9.17, 15) is 4.39 Å². The smallest absolute Gasteiger partial charge is 0.126 e. The summed E-state index contributed by atoms with van der Waals surface area (Å²) in [6.07, 6.45) is 3.75. The fourth-order valence-corrected chi connectivity index (χ4v) is 2.57. The molecule has 0 bridgehead atoms. The van der Waals surface area contributed by atoms with Crippen molar-refractivity contribution in [1.82, 2.24) is 14.9 Å². The fraction of sp³-hybridized carbons (Fsp3) is 0.438. The van der Waals surface area contributed by atoms with Gasteiger partial charge in [-0.1, -0.05) is 32.9 Å². The summed E-state index contributed by atoms with van der Waals surface area (Å²) in [6.45, 7) is 7.24. The highest BCUT2D eigenvalue weighted by molar-refractivity contribution is 5.28. The van der Waals surface area contributed by atoms with Gasteiger partial charge in [0.15, 0.2) is 0 Å². The summed E-state index contributed by atoms with van der Waals surface area (Å²) in [5.74, 6) is 0.780. The van der Waals surface area contributed by atoms with Crippen LogP contribution in [-0.2, 0) is 12.5 Å². The lowest BCUT2D eigenvalue weighted by Crippen LogP contribution is -2.39. The van der Waals surface area contributed by atoms with Crippen molar-refractivity contribution in [3.8, 4) is 0 Å². The van der Waals surface area contributed by atoms with Crippen LogP contribution in [-0.4, -0.2) is 16.1 Å². The molecule has 4 heteroatoms. The third-order valence-corrected chi connectivity index (χ3v) is 3.83. The number of nitrogens with zero attached hydrogens (tertiary/aromatic N) is 2. The van der Waals surface area contributed by atoms with Crippen LogP contribution in [0.5, 0.6) is 0 Å². The van der Waals surface area contributed by atoms with Gasteiger partial charge >= 0.3 is 0 Å². The summed E-state index contributed by atoms with van der Waals surface area (Å²) < 4.78 is 15.2. The summed E-state index contributed by atoms with van der Waals surface area (Å²) in [4.78, 5) is 4.47. The van der Waals surface area contributed by atoms with Gasteiger partial charge in [-0.2, -0.15) is 0 Å². The minimum absolute atomic E-state index is 0.0676. The fourth-order valence-electron chi connectivity index (χ4n) is 2.57. The SMILES string of the molecule is CCNC(c1nccn1C)C(C)(C)c1ccc(F)cc1. The van der Waals surface area contributed by atoms with Gasteiger partial charge in [-0.3, -0.25) is 0 Å². The lowest BCUT2D eigenvalue weighted by Gasteiger charge is -2.35. The maximum atomic E-state index is 13.1. The molecule has 0 fully saturated rings. The molecule has 1 N–H and O–H groups in total. The Morgan fingerprint density at radius 1 is 1.30 bits per heavy atom. The third kappa shape index (κ3) is 2.75. The minimum atomic E-state index is -0.207. The first-order chi connectivity index (χ1) is 9.46. The maximum absolute atomic E-state index is 13.1. The number of hydrogen-bond acceptors (Lipinski definition) is 2. The largest absolute Gasteiger partial charge is 0.337 e. The number of aryl methyl sites for hydroxylation is 1. The Morgan fingerprint density at radius 2 is 1.95 bits per heavy atom. The highest BCUT2D eigenvalue weighted by Gasteiger charge is 2.34. The van der Waals surface area contributed by atoms with E-state index in [4.69, 9.17) is 0 Å². The normalized spacial score (nSPS) is 13.4. The number of aromatic nitrogens is 2. The second kappa shape index (κ2) is 5.75. The first-order valence-corrected chi connectivity index (χ1v) is 6.93. The van der Waals surface area contributed by atoms with E-state index in [0.29, 0.717) is 0 Å². The van der Waals surface area contributed by atoms with E-state index in [1.165, 1.54) is 12.1 Å². The van der Waals surface area contributed by atoms with Crippen molar-refractivity contribution in [3.63, 3.8) is 0 Å². The Bertz CT molecular complexity index is 557. The van der Waals surface area contributed by atoms with Gasteiger partial charge in [-0.05, 0) is 24.2 Å². The van der Waals surface area contributed by atoms with Crippen LogP contribution in [0.4, 0.5) is 4.39 Å². The highest BCUT2D eigenvalue weighted by atomic mass is 19.1. The van der Waals surface area contributed by atoms with Crippen LogP contribution in [0.2, 0.25) is 0 Å². The van der Waals surface area contributed by atoms with Gasteiger partial charge < -0.3 is 9.88 Å². The molecule has 0 aliphatic heterocycles. The van der Waals surface area contributed by atoms with Crippen molar-refractivity contribution in [2.75, 3.05) is 6.54 Å². The molecule has 0 aliphatic rings. The van der Waals surface area contributed by atoms with E-state index in [1.54, 1.807) is 6.20 Å². The van der Waals surface area contributed by atoms with Crippen LogP contribution >= 0.6 is 0 Å². The van der Waals surface area contributed by atoms with Crippen molar-refractivity contribution < 1.29 is 4.39 Å². The van der Waals surface area contributed by atoms with Crippen molar-refractivity contribution in [3.05, 3.63) is 53.9 Å². The summed E-state index contributed by atoms with van der Waals surface area (Å²) >= 11 is 0. The van der Waals surface area contributed by atoms with E-state index >= 15 is 0 Å². The van der Waals surface area contributed by atoms with E-state index in [2.05, 4.69) is 31.1 Å². The van der Waals surface area contributed by atoms with E-state index in [0.717, 1.165) is 17.9 Å². The van der Waals surface area contributed by atoms with Crippen LogP contribution in [0.3, 0.4) is 0 Å². The number of nitrogens with one attached hydrogen (secondary N) is 1. The van der Waals surface area contributed by atoms with Gasteiger partial charge in [0.2, 0.25) is 0 Å². The molecule has 1 atom stereocenters. The second-order valence-corrected chi connectivity index (χ2v) is 5.62. The van der Waals surface area contributed by atoms with Gasteiger partial charge in [-0.15, -0.1) is 0 Å². The molecule has 0 radical (unpaired) electrons. The lowest BCUT2D eigenvalue weighted by molar-refractivity contribution is 0.333. The number of benzene rings is 1. The molecule has 3 nitrogen and oxygen atoms in total. The molecule has 1 aromatic carbocycles. The molecule has 0 saturated heterocycles. The molecule has 0 amide bonds. The van der Waals surface area contributed by atoms with Crippen LogP contribution in [0, 0.1) is 5.82 Å². The van der Waals surface area contributed by atoms with Crippen molar-refractivity contribution in [2.24, 2.45) is 7.05 Å². The topological polar surface area (TPSA) is 29.9 Å². The first kappa shape index (κ1) is 14.7. The van der Waals surface area contributed by atoms with E-state index in [-0.39, 0.29) is 17.3 Å². The zero-order valence-electron chi connectivity index (χ0n) is 12.5. The molecular formula is C16H22FN3. The molecule has 108 valence electrons. The Morgan fingerprint density at radius 3 is 2.45 bits per heavy atom. The molecule has 0 saturated carbocycles. The molecule has 0 spiro atoms. The molecule has 2 aromatic rings. The zero-order chi connectivity index (χ0) is 14.8. The van der Waals surface area contributed by atoms with Crippen molar-refractivity contribution in [1.29, 1.82) is 0 Å². The number of hydrogen-bond donors (Lipinski definition) is 1. The highest BCUT2D eigenvalue weighted by Crippen LogP contribution is 2.36. The van der Waals surface area contributed by atoms with E-state index in [1.807, 2.05) is 29.9 Å². The van der Waals surface area contributed by atoms with Gasteiger partial charge in [0, 0.05) is 24.9 Å². The van der Waals surface area contributed by atoms with Gasteiger partial charge in [0.25, 0.3) is 0 Å². The predicted octanol–water partition coefficient (Wildman–Crippen LogP) is 3.19. The quantitative estimate of drug-likeness (QED) is 0.908. The molecule has 2 rings (SSSR count). The average molecular weight is 275 g/mol. The number of likely N-dealkylation sites (N-methyl/N-ethyl adjacent to an activating group) is 1. The number of imidazole rings is 1. The monoisotopic (exact) mass is 275 g/mol. The molecule has 20 heavy (non-hydrogen) atoms. The zero-order valence-corrected chi connectivity index (χ0v) is 12.5. The Hall–Kier alpha value is -1.68. The van der Waals surface area contributed by atoms with Gasteiger partial charge in [-0.25, -0.2) is 9.37 Å². The van der Waals surface area contributed by atoms with Gasteiger partial charge in [0.05, 0.1) is 6.04 Å². The average Bonchev–Trinajstić information content (AvgIpc) is 2.82.